The Labute approximate surface area is 279 Å². The van der Waals surface area contributed by atoms with Crippen LogP contribution < -0.4 is 10.4 Å². The van der Waals surface area contributed by atoms with Crippen molar-refractivity contribution in [2.24, 2.45) is 11.8 Å². The van der Waals surface area contributed by atoms with Crippen molar-refractivity contribution in [1.29, 1.82) is 0 Å². The second kappa shape index (κ2) is 13.1. The molecule has 4 aromatic carbocycles. The van der Waals surface area contributed by atoms with Gasteiger partial charge in [0.15, 0.2) is 0 Å². The fourth-order valence-corrected chi connectivity index (χ4v) is 12.5. The summed E-state index contributed by atoms with van der Waals surface area (Å²) in [5.41, 5.74) is 2.26. The largest absolute Gasteiger partial charge is 0.405 e. The normalized spacial score (nSPS) is 21.5. The van der Waals surface area contributed by atoms with Gasteiger partial charge in [-0.05, 0) is 76.0 Å². The summed E-state index contributed by atoms with van der Waals surface area (Å²) in [6.45, 7) is 9.50. The van der Waals surface area contributed by atoms with Crippen LogP contribution in [-0.2, 0) is 9.22 Å². The third-order valence-electron chi connectivity index (χ3n) is 9.86. The van der Waals surface area contributed by atoms with Gasteiger partial charge in [-0.15, -0.1) is 0 Å². The van der Waals surface area contributed by atoms with Crippen LogP contribution in [-0.4, -0.2) is 31.8 Å². The van der Waals surface area contributed by atoms with Crippen molar-refractivity contribution >= 4 is 47.8 Å². The van der Waals surface area contributed by atoms with Gasteiger partial charge in [0.1, 0.15) is 0 Å². The first-order chi connectivity index (χ1) is 21.6. The molecular formula is C39H43Cl2NO2Si. The smallest absolute Gasteiger partial charge is 0.261 e. The maximum atomic E-state index is 14.5. The first-order valence-electron chi connectivity index (χ1n) is 16.2. The Morgan fingerprint density at radius 3 is 1.93 bits per heavy atom. The fourth-order valence-electron chi connectivity index (χ4n) is 7.57. The van der Waals surface area contributed by atoms with Gasteiger partial charge in [-0.2, -0.15) is 0 Å². The quantitative estimate of drug-likeness (QED) is 0.168. The van der Waals surface area contributed by atoms with Crippen molar-refractivity contribution in [3.8, 4) is 0 Å². The number of likely N-dealkylation sites (tertiary alicyclic amines) is 1. The highest BCUT2D eigenvalue weighted by atomic mass is 35.5. The minimum Gasteiger partial charge on any atom is -0.405 e. The van der Waals surface area contributed by atoms with Gasteiger partial charge in [0.25, 0.3) is 8.32 Å². The summed E-state index contributed by atoms with van der Waals surface area (Å²) in [4.78, 5) is 16.7. The van der Waals surface area contributed by atoms with Gasteiger partial charge in [0.05, 0.1) is 18.7 Å². The second-order valence-electron chi connectivity index (χ2n) is 13.9. The Bertz CT molecular complexity index is 1560. The van der Waals surface area contributed by atoms with Crippen molar-refractivity contribution in [3.63, 3.8) is 0 Å². The number of benzene rings is 4. The summed E-state index contributed by atoms with van der Waals surface area (Å²) in [7, 11) is -2.80. The summed E-state index contributed by atoms with van der Waals surface area (Å²) in [6.07, 6.45) is 2.96. The highest BCUT2D eigenvalue weighted by Crippen LogP contribution is 2.50. The topological polar surface area (TPSA) is 29.5 Å². The minimum atomic E-state index is -2.80. The lowest BCUT2D eigenvalue weighted by Crippen LogP contribution is -2.67. The molecule has 0 aromatic heterocycles. The predicted molar refractivity (Wildman–Crippen MR) is 189 cm³/mol. The number of piperidine rings is 1. The molecule has 1 amide bonds. The number of carbonyl (C=O) groups excluding carboxylic acids is 1. The van der Waals surface area contributed by atoms with E-state index in [1.807, 2.05) is 24.3 Å². The van der Waals surface area contributed by atoms with Crippen molar-refractivity contribution in [1.82, 2.24) is 4.90 Å². The van der Waals surface area contributed by atoms with E-state index < -0.39 is 8.32 Å². The number of hydrogen-bond acceptors (Lipinski definition) is 2. The van der Waals surface area contributed by atoms with E-state index in [2.05, 4.69) is 118 Å². The predicted octanol–water partition coefficient (Wildman–Crippen LogP) is 9.04. The second-order valence-corrected chi connectivity index (χ2v) is 19.1. The van der Waals surface area contributed by atoms with Crippen molar-refractivity contribution < 1.29 is 9.22 Å². The summed E-state index contributed by atoms with van der Waals surface area (Å²) >= 11 is 12.9. The van der Waals surface area contributed by atoms with E-state index in [1.54, 1.807) is 0 Å². The number of carbonyl (C=O) groups is 1. The Balaban J connectivity index is 1.46. The average molecular weight is 657 g/mol. The molecule has 3 nitrogen and oxygen atoms in total. The number of amides is 1. The SMILES string of the molecule is CC1C[C@H](c2cccc(Cl)c2)[C@@H](c2ccc(Cl)cc2)N(C(CO[Si](c2ccccc2)(c2ccccc2)C(C)(C)C)C2CC2)C1=O. The zero-order valence-corrected chi connectivity index (χ0v) is 29.1. The van der Waals surface area contributed by atoms with E-state index in [0.717, 1.165) is 30.4 Å². The first kappa shape index (κ1) is 32.1. The van der Waals surface area contributed by atoms with Crippen LogP contribution in [0, 0.1) is 11.8 Å². The van der Waals surface area contributed by atoms with Gasteiger partial charge >= 0.3 is 0 Å². The van der Waals surface area contributed by atoms with Gasteiger partial charge in [0.2, 0.25) is 5.91 Å². The van der Waals surface area contributed by atoms with Crippen molar-refractivity contribution in [2.75, 3.05) is 6.61 Å². The minimum absolute atomic E-state index is 0.0516. The molecule has 1 saturated carbocycles. The molecule has 4 aromatic rings. The number of hydrogen-bond donors (Lipinski definition) is 0. The Morgan fingerprint density at radius 1 is 0.800 bits per heavy atom. The van der Waals surface area contributed by atoms with Crippen LogP contribution in [0.15, 0.2) is 109 Å². The van der Waals surface area contributed by atoms with Gasteiger partial charge in [-0.3, -0.25) is 4.79 Å². The van der Waals surface area contributed by atoms with Crippen LogP contribution in [0.2, 0.25) is 15.1 Å². The Kier molecular flexibility index (Phi) is 9.32. The van der Waals surface area contributed by atoms with Gasteiger partial charge in [-0.25, -0.2) is 0 Å². The van der Waals surface area contributed by atoms with Gasteiger partial charge in [0, 0.05) is 21.9 Å². The van der Waals surface area contributed by atoms with E-state index in [0.29, 0.717) is 22.6 Å². The molecule has 0 spiro atoms. The maximum Gasteiger partial charge on any atom is 0.261 e. The standard InChI is InChI=1S/C39H43Cl2NO2Si/c1-27-24-35(30-12-11-13-32(41)25-30)37(29-20-22-31(40)23-21-29)42(38(27)43)36(28-18-19-28)26-44-45(39(2,3)4,33-14-7-5-8-15-33)34-16-9-6-10-17-34/h5-17,20-23,25,27-28,35-37H,18-19,24,26H2,1-4H3/t27?,35-,36?,37-/m1/s1. The molecule has 2 fully saturated rings. The summed E-state index contributed by atoms with van der Waals surface area (Å²) in [5, 5.41) is 3.76. The molecule has 1 aliphatic heterocycles. The summed E-state index contributed by atoms with van der Waals surface area (Å²) < 4.78 is 7.53. The average Bonchev–Trinajstić information content (AvgIpc) is 3.87. The number of halogens is 2. The Hall–Kier alpha value is -2.89. The zero-order valence-electron chi connectivity index (χ0n) is 26.6. The monoisotopic (exact) mass is 655 g/mol. The van der Waals surface area contributed by atoms with Gasteiger partial charge < -0.3 is 9.33 Å². The van der Waals surface area contributed by atoms with Crippen LogP contribution >= 0.6 is 23.2 Å². The van der Waals surface area contributed by atoms with Crippen molar-refractivity contribution in [3.05, 3.63) is 130 Å². The van der Waals surface area contributed by atoms with Crippen LogP contribution in [0.4, 0.5) is 0 Å². The summed E-state index contributed by atoms with van der Waals surface area (Å²) in [6, 6.07) is 37.6. The van der Waals surface area contributed by atoms with E-state index in [1.165, 1.54) is 10.4 Å². The van der Waals surface area contributed by atoms with Gasteiger partial charge in [-0.1, -0.05) is 136 Å². The Morgan fingerprint density at radius 2 is 1.40 bits per heavy atom. The highest BCUT2D eigenvalue weighted by Gasteiger charge is 2.53. The lowest BCUT2D eigenvalue weighted by Gasteiger charge is -2.50. The molecule has 0 bridgehead atoms. The first-order valence-corrected chi connectivity index (χ1v) is 18.8. The van der Waals surface area contributed by atoms with Crippen LogP contribution in [0.3, 0.4) is 0 Å². The third kappa shape index (κ3) is 6.40. The molecule has 234 valence electrons. The molecule has 1 aliphatic carbocycles. The molecule has 1 heterocycles. The molecular weight excluding hydrogens is 613 g/mol. The number of rotatable bonds is 9. The zero-order chi connectivity index (χ0) is 31.8. The van der Waals surface area contributed by atoms with E-state index in [-0.39, 0.29) is 34.9 Å². The molecule has 2 unspecified atom stereocenters. The lowest BCUT2D eigenvalue weighted by molar-refractivity contribution is -0.147. The molecule has 45 heavy (non-hydrogen) atoms. The van der Waals surface area contributed by atoms with Crippen molar-refractivity contribution in [2.45, 2.75) is 70.0 Å². The molecule has 6 heteroatoms. The fraction of sp³-hybridized carbons (Fsp3) is 0.359. The lowest BCUT2D eigenvalue weighted by atomic mass is 9.75. The summed E-state index contributed by atoms with van der Waals surface area (Å²) in [5.74, 6) is 0.571. The molecule has 0 N–H and O–H groups in total. The molecule has 6 rings (SSSR count). The van der Waals surface area contributed by atoms with Crippen LogP contribution in [0.5, 0.6) is 0 Å². The van der Waals surface area contributed by atoms with Crippen LogP contribution in [0.25, 0.3) is 0 Å². The molecule has 4 atom stereocenters. The maximum absolute atomic E-state index is 14.5. The molecule has 1 saturated heterocycles. The van der Waals surface area contributed by atoms with E-state index in [4.69, 9.17) is 27.6 Å². The van der Waals surface area contributed by atoms with E-state index >= 15 is 0 Å². The molecule has 0 radical (unpaired) electrons. The van der Waals surface area contributed by atoms with Crippen LogP contribution in [0.1, 0.15) is 70.0 Å². The number of nitrogens with zero attached hydrogens (tertiary/aromatic N) is 1. The highest BCUT2D eigenvalue weighted by molar-refractivity contribution is 6.99. The third-order valence-corrected chi connectivity index (χ3v) is 15.4. The molecule has 2 aliphatic rings. The van der Waals surface area contributed by atoms with E-state index in [9.17, 15) is 4.79 Å².